The molecule has 10 heteroatoms. The number of pyridine rings is 2. The maximum atomic E-state index is 11.2. The monoisotopic (exact) mass is 580 g/mol. The molecule has 0 unspecified atom stereocenters. The maximum absolute atomic E-state index is 11.2. The van der Waals surface area contributed by atoms with Crippen molar-refractivity contribution >= 4 is 35.8 Å². The highest BCUT2D eigenvalue weighted by molar-refractivity contribution is 6.32. The SMILES string of the molecule is COc1nc(OCc2cccc(-c3cccc(COc4nc(OC)c(C=O)cc4Cl)c3C)c2C)c(Cl)cc1C=O. The Labute approximate surface area is 241 Å². The molecule has 0 bridgehead atoms. The van der Waals surface area contributed by atoms with Gasteiger partial charge in [0.15, 0.2) is 12.6 Å². The van der Waals surface area contributed by atoms with Gasteiger partial charge in [0.1, 0.15) is 23.3 Å². The molecular formula is C30H26Cl2N2O6. The summed E-state index contributed by atoms with van der Waals surface area (Å²) in [7, 11) is 2.85. The van der Waals surface area contributed by atoms with Crippen LogP contribution >= 0.6 is 23.2 Å². The number of halogens is 2. The number of methoxy groups -OCH3 is 2. The smallest absolute Gasteiger partial charge is 0.236 e. The van der Waals surface area contributed by atoms with Crippen LogP contribution in [0.3, 0.4) is 0 Å². The minimum atomic E-state index is 0.143. The molecule has 206 valence electrons. The van der Waals surface area contributed by atoms with Crippen LogP contribution in [0.2, 0.25) is 10.0 Å². The van der Waals surface area contributed by atoms with Gasteiger partial charge in [0.25, 0.3) is 0 Å². The molecule has 4 aromatic rings. The third-order valence-electron chi connectivity index (χ3n) is 6.42. The number of aromatic nitrogens is 2. The lowest BCUT2D eigenvalue weighted by Crippen LogP contribution is -2.05. The lowest BCUT2D eigenvalue weighted by molar-refractivity contribution is 0.111. The van der Waals surface area contributed by atoms with Gasteiger partial charge in [0, 0.05) is 0 Å². The predicted octanol–water partition coefficient (Wildman–Crippen LogP) is 6.87. The summed E-state index contributed by atoms with van der Waals surface area (Å²) < 4.78 is 22.2. The molecule has 2 heterocycles. The lowest BCUT2D eigenvalue weighted by Gasteiger charge is -2.17. The number of aldehydes is 2. The first-order valence-electron chi connectivity index (χ1n) is 12.1. The molecule has 2 aromatic carbocycles. The van der Waals surface area contributed by atoms with Crippen molar-refractivity contribution < 1.29 is 28.5 Å². The van der Waals surface area contributed by atoms with Crippen molar-refractivity contribution in [2.75, 3.05) is 14.2 Å². The molecule has 0 fully saturated rings. The summed E-state index contributed by atoms with van der Waals surface area (Å²) >= 11 is 12.6. The molecule has 2 aromatic heterocycles. The van der Waals surface area contributed by atoms with Gasteiger partial charge in [-0.3, -0.25) is 9.59 Å². The van der Waals surface area contributed by atoms with Crippen molar-refractivity contribution in [3.63, 3.8) is 0 Å². The van der Waals surface area contributed by atoms with E-state index in [4.69, 9.17) is 42.1 Å². The number of ether oxygens (including phenoxy) is 4. The highest BCUT2D eigenvalue weighted by Gasteiger charge is 2.16. The van der Waals surface area contributed by atoms with Crippen molar-refractivity contribution in [1.29, 1.82) is 0 Å². The van der Waals surface area contributed by atoms with E-state index in [1.807, 2.05) is 50.2 Å². The Balaban J connectivity index is 1.57. The first-order valence-corrected chi connectivity index (χ1v) is 12.9. The fourth-order valence-electron chi connectivity index (χ4n) is 4.19. The van der Waals surface area contributed by atoms with Crippen LogP contribution in [0.5, 0.6) is 23.5 Å². The standard InChI is InChI=1S/C30H26Cl2N2O6/c1-17-19(15-39-29-25(31)11-21(13-35)27(33-29)37-3)7-5-9-23(17)24-10-6-8-20(18(24)2)16-40-30-26(32)12-22(14-36)28(34-30)38-4/h5-14H,15-16H2,1-4H3. The molecule has 0 N–H and O–H groups in total. The fraction of sp³-hybridized carbons (Fsp3) is 0.200. The molecule has 0 radical (unpaired) electrons. The molecule has 0 aliphatic rings. The van der Waals surface area contributed by atoms with Crippen molar-refractivity contribution in [2.45, 2.75) is 27.1 Å². The van der Waals surface area contributed by atoms with Gasteiger partial charge in [-0.2, -0.15) is 9.97 Å². The predicted molar refractivity (Wildman–Crippen MR) is 152 cm³/mol. The van der Waals surface area contributed by atoms with Crippen LogP contribution in [0.1, 0.15) is 43.0 Å². The molecule has 0 atom stereocenters. The van der Waals surface area contributed by atoms with Crippen LogP contribution in [0.25, 0.3) is 11.1 Å². The van der Waals surface area contributed by atoms with Gasteiger partial charge in [-0.1, -0.05) is 59.6 Å². The van der Waals surface area contributed by atoms with Gasteiger partial charge < -0.3 is 18.9 Å². The quantitative estimate of drug-likeness (QED) is 0.177. The van der Waals surface area contributed by atoms with Crippen molar-refractivity contribution in [3.05, 3.63) is 92.0 Å². The Morgan fingerprint density at radius 2 is 1.07 bits per heavy atom. The van der Waals surface area contributed by atoms with E-state index in [0.29, 0.717) is 12.6 Å². The molecule has 0 aliphatic carbocycles. The number of rotatable bonds is 11. The minimum absolute atomic E-state index is 0.143. The van der Waals surface area contributed by atoms with Gasteiger partial charge in [-0.05, 0) is 59.4 Å². The Hall–Kier alpha value is -4.14. The van der Waals surface area contributed by atoms with Crippen LogP contribution in [-0.2, 0) is 13.2 Å². The lowest BCUT2D eigenvalue weighted by atomic mass is 9.92. The summed E-state index contributed by atoms with van der Waals surface area (Å²) in [6.07, 6.45) is 1.25. The molecule has 0 spiro atoms. The van der Waals surface area contributed by atoms with Crippen LogP contribution in [0, 0.1) is 13.8 Å². The van der Waals surface area contributed by atoms with E-state index >= 15 is 0 Å². The summed E-state index contributed by atoms with van der Waals surface area (Å²) in [5.74, 6) is 0.636. The van der Waals surface area contributed by atoms with Crippen LogP contribution in [-0.4, -0.2) is 36.8 Å². The van der Waals surface area contributed by atoms with E-state index < -0.39 is 0 Å². The number of hydrogen-bond acceptors (Lipinski definition) is 8. The number of benzene rings is 2. The molecule has 4 rings (SSSR count). The highest BCUT2D eigenvalue weighted by atomic mass is 35.5. The zero-order chi connectivity index (χ0) is 28.8. The van der Waals surface area contributed by atoms with E-state index in [1.54, 1.807) is 0 Å². The molecule has 0 saturated heterocycles. The maximum Gasteiger partial charge on any atom is 0.236 e. The van der Waals surface area contributed by atoms with E-state index in [2.05, 4.69) is 9.97 Å². The second-order valence-electron chi connectivity index (χ2n) is 8.74. The summed E-state index contributed by atoms with van der Waals surface area (Å²) in [5, 5.41) is 0.432. The molecule has 0 amide bonds. The zero-order valence-corrected chi connectivity index (χ0v) is 23.8. The van der Waals surface area contributed by atoms with Crippen molar-refractivity contribution in [3.8, 4) is 34.6 Å². The number of hydrogen-bond donors (Lipinski definition) is 0. The Morgan fingerprint density at radius 3 is 1.43 bits per heavy atom. The van der Waals surface area contributed by atoms with Crippen LogP contribution < -0.4 is 18.9 Å². The van der Waals surface area contributed by atoms with Crippen LogP contribution in [0.4, 0.5) is 0 Å². The topological polar surface area (TPSA) is 96.8 Å². The minimum Gasteiger partial charge on any atom is -0.480 e. The first kappa shape index (κ1) is 28.9. The molecule has 0 saturated carbocycles. The number of carbonyl (C=O) groups excluding carboxylic acids is 2. The first-order chi connectivity index (χ1) is 19.3. The van der Waals surface area contributed by atoms with Gasteiger partial charge in [-0.25, -0.2) is 0 Å². The van der Waals surface area contributed by atoms with Gasteiger partial charge in [0.05, 0.1) is 25.3 Å². The summed E-state index contributed by atoms with van der Waals surface area (Å²) in [6.45, 7) is 4.46. The zero-order valence-electron chi connectivity index (χ0n) is 22.3. The fourth-order valence-corrected chi connectivity index (χ4v) is 4.62. The van der Waals surface area contributed by atoms with E-state index in [0.717, 1.165) is 33.4 Å². The number of carbonyl (C=O) groups is 2. The average molecular weight is 581 g/mol. The summed E-state index contributed by atoms with van der Waals surface area (Å²) in [6, 6.07) is 14.9. The van der Waals surface area contributed by atoms with Crippen molar-refractivity contribution in [2.24, 2.45) is 0 Å². The van der Waals surface area contributed by atoms with Crippen molar-refractivity contribution in [1.82, 2.24) is 9.97 Å². The Bertz CT molecular complexity index is 1460. The molecular weight excluding hydrogens is 555 g/mol. The van der Waals surface area contributed by atoms with E-state index in [-0.39, 0.29) is 57.9 Å². The summed E-state index contributed by atoms with van der Waals surface area (Å²) in [5.41, 5.74) is 6.47. The average Bonchev–Trinajstić information content (AvgIpc) is 2.96. The molecule has 0 aliphatic heterocycles. The van der Waals surface area contributed by atoms with Crippen LogP contribution in [0.15, 0.2) is 48.5 Å². The highest BCUT2D eigenvalue weighted by Crippen LogP contribution is 2.34. The van der Waals surface area contributed by atoms with Gasteiger partial charge >= 0.3 is 0 Å². The number of nitrogens with zero attached hydrogens (tertiary/aromatic N) is 2. The third kappa shape index (κ3) is 6.03. The third-order valence-corrected chi connectivity index (χ3v) is 6.97. The summed E-state index contributed by atoms with van der Waals surface area (Å²) in [4.78, 5) is 30.9. The molecule has 40 heavy (non-hydrogen) atoms. The molecule has 8 nitrogen and oxygen atoms in total. The second-order valence-corrected chi connectivity index (χ2v) is 9.55. The Kier molecular flexibility index (Phi) is 9.24. The second kappa shape index (κ2) is 12.8. The van der Waals surface area contributed by atoms with E-state index in [1.165, 1.54) is 26.4 Å². The van der Waals surface area contributed by atoms with Gasteiger partial charge in [-0.15, -0.1) is 0 Å². The Morgan fingerprint density at radius 1 is 0.675 bits per heavy atom. The van der Waals surface area contributed by atoms with Gasteiger partial charge in [0.2, 0.25) is 23.5 Å². The largest absolute Gasteiger partial charge is 0.480 e. The normalized spacial score (nSPS) is 10.7. The van der Waals surface area contributed by atoms with E-state index in [9.17, 15) is 9.59 Å².